The zero-order chi connectivity index (χ0) is 18.8. The molecule has 0 aliphatic carbocycles. The first-order chi connectivity index (χ1) is 11.6. The largest absolute Gasteiger partial charge is 0.489 e. The first-order valence-electron chi connectivity index (χ1n) is 8.29. The van der Waals surface area contributed by atoms with E-state index in [0.717, 1.165) is 5.69 Å². The predicted molar refractivity (Wildman–Crippen MR) is 96.1 cm³/mol. The second kappa shape index (κ2) is 7.31. The average molecular weight is 349 g/mol. The summed E-state index contributed by atoms with van der Waals surface area (Å²) in [4.78, 5) is 27.8. The van der Waals surface area contributed by atoms with Gasteiger partial charge in [0.1, 0.15) is 12.4 Å². The number of anilines is 1. The molecule has 1 aliphatic rings. The number of aliphatic hydroxyl groups is 1. The van der Waals surface area contributed by atoms with Crippen molar-refractivity contribution in [3.8, 4) is 5.75 Å². The Hall–Kier alpha value is -2.28. The third-order valence-corrected chi connectivity index (χ3v) is 4.11. The number of amides is 2. The van der Waals surface area contributed by atoms with Gasteiger partial charge in [0, 0.05) is 33.3 Å². The van der Waals surface area contributed by atoms with E-state index in [0.29, 0.717) is 17.9 Å². The van der Waals surface area contributed by atoms with E-state index in [4.69, 9.17) is 4.74 Å². The van der Waals surface area contributed by atoms with Gasteiger partial charge in [-0.3, -0.25) is 9.59 Å². The molecule has 0 aromatic heterocycles. The molecule has 0 saturated carbocycles. The van der Waals surface area contributed by atoms with Crippen LogP contribution >= 0.6 is 0 Å². The number of likely N-dealkylation sites (N-methyl/N-ethyl adjacent to an activating group) is 1. The molecule has 0 saturated heterocycles. The molecule has 25 heavy (non-hydrogen) atoms. The number of rotatable bonds is 5. The minimum Gasteiger partial charge on any atom is -0.489 e. The fourth-order valence-electron chi connectivity index (χ4n) is 2.60. The molecule has 7 nitrogen and oxygen atoms in total. The van der Waals surface area contributed by atoms with Gasteiger partial charge in [0.25, 0.3) is 5.91 Å². The van der Waals surface area contributed by atoms with Gasteiger partial charge < -0.3 is 25.0 Å². The smallest absolute Gasteiger partial charge is 0.253 e. The van der Waals surface area contributed by atoms with Crippen LogP contribution in [0.25, 0.3) is 0 Å². The van der Waals surface area contributed by atoms with E-state index >= 15 is 0 Å². The number of nitrogens with zero attached hydrogens (tertiary/aromatic N) is 2. The Labute approximate surface area is 148 Å². The molecule has 1 aromatic rings. The van der Waals surface area contributed by atoms with Gasteiger partial charge in [-0.2, -0.15) is 0 Å². The van der Waals surface area contributed by atoms with Gasteiger partial charge >= 0.3 is 0 Å². The lowest BCUT2D eigenvalue weighted by Crippen LogP contribution is -2.45. The summed E-state index contributed by atoms with van der Waals surface area (Å²) >= 11 is 0. The Morgan fingerprint density at radius 1 is 1.40 bits per heavy atom. The number of carbonyl (C=O) groups is 2. The first kappa shape index (κ1) is 19.1. The Kier molecular flexibility index (Phi) is 5.57. The third-order valence-electron chi connectivity index (χ3n) is 4.11. The number of hydrogen-bond donors (Lipinski definition) is 2. The molecule has 1 atom stereocenters. The standard InChI is InChI=1S/C18H27N3O4/c1-18(2,24)11-19-16(22)9-13-10-25-15-7-6-12(17(23)20(3)4)8-14(15)21(13)5/h6-8,13,24H,9-11H2,1-5H3,(H,19,22)/t13-/m0/s1. The van der Waals surface area contributed by atoms with Gasteiger partial charge in [-0.1, -0.05) is 0 Å². The van der Waals surface area contributed by atoms with E-state index in [-0.39, 0.29) is 30.8 Å². The van der Waals surface area contributed by atoms with Crippen molar-refractivity contribution in [2.24, 2.45) is 0 Å². The summed E-state index contributed by atoms with van der Waals surface area (Å²) < 4.78 is 5.75. The molecular weight excluding hydrogens is 322 g/mol. The number of hydrogen-bond acceptors (Lipinski definition) is 5. The zero-order valence-electron chi connectivity index (χ0n) is 15.5. The highest BCUT2D eigenvalue weighted by molar-refractivity contribution is 5.95. The molecule has 0 radical (unpaired) electrons. The fraction of sp³-hybridized carbons (Fsp3) is 0.556. The number of ether oxygens (including phenoxy) is 1. The Morgan fingerprint density at radius 2 is 2.08 bits per heavy atom. The van der Waals surface area contributed by atoms with Crippen LogP contribution in [0.5, 0.6) is 5.75 Å². The van der Waals surface area contributed by atoms with Gasteiger partial charge in [-0.15, -0.1) is 0 Å². The SMILES string of the molecule is CN(C)C(=O)c1ccc2c(c1)N(C)[C@@H](CC(=O)NCC(C)(C)O)CO2. The van der Waals surface area contributed by atoms with Crippen molar-refractivity contribution in [2.45, 2.75) is 31.9 Å². The fourth-order valence-corrected chi connectivity index (χ4v) is 2.60. The maximum absolute atomic E-state index is 12.2. The second-order valence-corrected chi connectivity index (χ2v) is 7.25. The van der Waals surface area contributed by atoms with E-state index in [1.807, 2.05) is 11.9 Å². The molecule has 2 amide bonds. The monoisotopic (exact) mass is 349 g/mol. The van der Waals surface area contributed by atoms with E-state index < -0.39 is 5.60 Å². The van der Waals surface area contributed by atoms with Crippen molar-refractivity contribution < 1.29 is 19.4 Å². The van der Waals surface area contributed by atoms with Crippen molar-refractivity contribution in [1.82, 2.24) is 10.2 Å². The first-order valence-corrected chi connectivity index (χ1v) is 8.29. The molecule has 1 aromatic carbocycles. The van der Waals surface area contributed by atoms with Crippen LogP contribution in [0.3, 0.4) is 0 Å². The molecule has 0 spiro atoms. The highest BCUT2D eigenvalue weighted by atomic mass is 16.5. The molecule has 2 rings (SSSR count). The van der Waals surface area contributed by atoms with Gasteiger partial charge in [-0.05, 0) is 32.0 Å². The maximum atomic E-state index is 12.2. The van der Waals surface area contributed by atoms with Crippen LogP contribution in [0.4, 0.5) is 5.69 Å². The van der Waals surface area contributed by atoms with Crippen LogP contribution in [0.2, 0.25) is 0 Å². The van der Waals surface area contributed by atoms with Crippen molar-refractivity contribution in [3.05, 3.63) is 23.8 Å². The van der Waals surface area contributed by atoms with Crippen molar-refractivity contribution >= 4 is 17.5 Å². The van der Waals surface area contributed by atoms with Gasteiger partial charge in [0.05, 0.1) is 23.8 Å². The predicted octanol–water partition coefficient (Wildman–Crippen LogP) is 0.863. The lowest BCUT2D eigenvalue weighted by molar-refractivity contribution is -0.122. The lowest BCUT2D eigenvalue weighted by atomic mass is 10.1. The molecule has 1 heterocycles. The van der Waals surface area contributed by atoms with Crippen molar-refractivity contribution in [3.63, 3.8) is 0 Å². The number of nitrogens with one attached hydrogen (secondary N) is 1. The normalized spacial score (nSPS) is 16.7. The van der Waals surface area contributed by atoms with Crippen LogP contribution in [0, 0.1) is 0 Å². The summed E-state index contributed by atoms with van der Waals surface area (Å²) in [5, 5.41) is 12.4. The van der Waals surface area contributed by atoms with Crippen molar-refractivity contribution in [1.29, 1.82) is 0 Å². The summed E-state index contributed by atoms with van der Waals surface area (Å²) in [5.41, 5.74) is 0.421. The number of benzene rings is 1. The molecule has 1 aliphatic heterocycles. The summed E-state index contributed by atoms with van der Waals surface area (Å²) in [6, 6.07) is 5.18. The van der Waals surface area contributed by atoms with Gasteiger partial charge in [-0.25, -0.2) is 0 Å². The molecule has 0 fully saturated rings. The van der Waals surface area contributed by atoms with Crippen molar-refractivity contribution in [2.75, 3.05) is 39.2 Å². The quantitative estimate of drug-likeness (QED) is 0.824. The van der Waals surface area contributed by atoms with Crippen LogP contribution < -0.4 is 15.0 Å². The second-order valence-electron chi connectivity index (χ2n) is 7.25. The van der Waals surface area contributed by atoms with Crippen LogP contribution in [0.15, 0.2) is 18.2 Å². The minimum atomic E-state index is -0.946. The number of carbonyl (C=O) groups excluding carboxylic acids is 2. The van der Waals surface area contributed by atoms with Gasteiger partial charge in [0.2, 0.25) is 5.91 Å². The summed E-state index contributed by atoms with van der Waals surface area (Å²) in [6.45, 7) is 3.87. The van der Waals surface area contributed by atoms with Crippen LogP contribution in [-0.4, -0.2) is 67.8 Å². The summed E-state index contributed by atoms with van der Waals surface area (Å²) in [6.07, 6.45) is 0.248. The highest BCUT2D eigenvalue weighted by Gasteiger charge is 2.28. The van der Waals surface area contributed by atoms with Crippen LogP contribution in [-0.2, 0) is 4.79 Å². The highest BCUT2D eigenvalue weighted by Crippen LogP contribution is 2.34. The lowest BCUT2D eigenvalue weighted by Gasteiger charge is -2.36. The van der Waals surface area contributed by atoms with E-state index in [1.54, 1.807) is 46.1 Å². The molecule has 7 heteroatoms. The topological polar surface area (TPSA) is 82.1 Å². The maximum Gasteiger partial charge on any atom is 0.253 e. The molecule has 0 bridgehead atoms. The van der Waals surface area contributed by atoms with E-state index in [2.05, 4.69) is 5.32 Å². The summed E-state index contributed by atoms with van der Waals surface area (Å²) in [5.74, 6) is 0.471. The van der Waals surface area contributed by atoms with E-state index in [1.165, 1.54) is 4.90 Å². The third kappa shape index (κ3) is 4.85. The minimum absolute atomic E-state index is 0.0822. The molecule has 138 valence electrons. The Bertz CT molecular complexity index is 652. The molecule has 0 unspecified atom stereocenters. The molecule has 2 N–H and O–H groups in total. The zero-order valence-corrected chi connectivity index (χ0v) is 15.5. The molecular formula is C18H27N3O4. The number of fused-ring (bicyclic) bond motifs is 1. The Balaban J connectivity index is 2.09. The van der Waals surface area contributed by atoms with E-state index in [9.17, 15) is 14.7 Å². The Morgan fingerprint density at radius 3 is 2.68 bits per heavy atom. The summed E-state index contributed by atoms with van der Waals surface area (Å²) in [7, 11) is 5.30. The van der Waals surface area contributed by atoms with Crippen LogP contribution in [0.1, 0.15) is 30.6 Å². The average Bonchev–Trinajstić information content (AvgIpc) is 2.54. The van der Waals surface area contributed by atoms with Gasteiger partial charge in [0.15, 0.2) is 0 Å².